The van der Waals surface area contributed by atoms with Gasteiger partial charge in [0.2, 0.25) is 5.91 Å². The normalized spacial score (nSPS) is 16.5. The number of anilines is 2. The molecule has 0 unspecified atom stereocenters. The zero-order valence-electron chi connectivity index (χ0n) is 13.9. The molecule has 1 fully saturated rings. The van der Waals surface area contributed by atoms with Gasteiger partial charge in [0.15, 0.2) is 0 Å². The number of hydrogen-bond acceptors (Lipinski definition) is 5. The van der Waals surface area contributed by atoms with Crippen molar-refractivity contribution < 1.29 is 4.79 Å². The molecule has 0 saturated carbocycles. The SMILES string of the molecule is O=C(CC1CNC1)Nc1cccc(-c2n[nH]c(=O)c3c2NCCC3)c1. The standard InChI is InChI=1S/C18H21N5O2/c24-15(7-11-9-19-10-11)21-13-4-1-3-12(8-13)16-17-14(5-2-6-20-17)18(25)23-22-16/h1,3-4,8,11,19-20H,2,5-7,9-10H2,(H,21,24)(H,23,25). The predicted molar refractivity (Wildman–Crippen MR) is 96.7 cm³/mol. The lowest BCUT2D eigenvalue weighted by atomic mass is 9.99. The molecular weight excluding hydrogens is 318 g/mol. The van der Waals surface area contributed by atoms with E-state index in [4.69, 9.17) is 0 Å². The second kappa shape index (κ2) is 6.68. The van der Waals surface area contributed by atoms with E-state index in [1.54, 1.807) is 0 Å². The first-order valence-electron chi connectivity index (χ1n) is 8.67. The van der Waals surface area contributed by atoms with Crippen LogP contribution in [-0.4, -0.2) is 35.7 Å². The Morgan fingerprint density at radius 3 is 3.00 bits per heavy atom. The largest absolute Gasteiger partial charge is 0.383 e. The topological polar surface area (TPSA) is 98.9 Å². The smallest absolute Gasteiger partial charge is 0.269 e. The van der Waals surface area contributed by atoms with Gasteiger partial charge in [-0.15, -0.1) is 0 Å². The maximum atomic E-state index is 12.1. The monoisotopic (exact) mass is 339 g/mol. The molecule has 4 rings (SSSR count). The third-order valence-electron chi connectivity index (χ3n) is 4.75. The molecule has 1 aromatic carbocycles. The minimum atomic E-state index is -0.135. The van der Waals surface area contributed by atoms with Gasteiger partial charge in [0.05, 0.1) is 5.69 Å². The Morgan fingerprint density at radius 1 is 1.32 bits per heavy atom. The molecule has 130 valence electrons. The van der Waals surface area contributed by atoms with Crippen molar-refractivity contribution >= 4 is 17.3 Å². The Kier molecular flexibility index (Phi) is 4.23. The molecule has 0 bridgehead atoms. The molecule has 2 aliphatic rings. The Labute approximate surface area is 145 Å². The molecule has 0 aliphatic carbocycles. The molecule has 1 amide bonds. The summed E-state index contributed by atoms with van der Waals surface area (Å²) in [6.07, 6.45) is 2.22. The van der Waals surface area contributed by atoms with Gasteiger partial charge >= 0.3 is 0 Å². The highest BCUT2D eigenvalue weighted by Crippen LogP contribution is 2.31. The number of hydrogen-bond donors (Lipinski definition) is 4. The van der Waals surface area contributed by atoms with Crippen LogP contribution < -0.4 is 21.5 Å². The minimum absolute atomic E-state index is 0.0261. The molecule has 0 radical (unpaired) electrons. The fourth-order valence-corrected chi connectivity index (χ4v) is 3.31. The Hall–Kier alpha value is -2.67. The van der Waals surface area contributed by atoms with Crippen LogP contribution in [-0.2, 0) is 11.2 Å². The quantitative estimate of drug-likeness (QED) is 0.674. The summed E-state index contributed by atoms with van der Waals surface area (Å²) < 4.78 is 0. The van der Waals surface area contributed by atoms with Crippen molar-refractivity contribution in [2.75, 3.05) is 30.3 Å². The number of nitrogens with one attached hydrogen (secondary N) is 4. The number of carbonyl (C=O) groups excluding carboxylic acids is 1. The van der Waals surface area contributed by atoms with Crippen LogP contribution in [0.3, 0.4) is 0 Å². The second-order valence-corrected chi connectivity index (χ2v) is 6.64. The molecule has 2 aromatic rings. The summed E-state index contributed by atoms with van der Waals surface area (Å²) >= 11 is 0. The third kappa shape index (κ3) is 3.28. The van der Waals surface area contributed by atoms with E-state index in [0.29, 0.717) is 18.0 Å². The highest BCUT2D eigenvalue weighted by atomic mass is 16.1. The van der Waals surface area contributed by atoms with Crippen LogP contribution >= 0.6 is 0 Å². The zero-order chi connectivity index (χ0) is 17.2. The molecule has 0 spiro atoms. The Bertz CT molecular complexity index is 857. The highest BCUT2D eigenvalue weighted by Gasteiger charge is 2.21. The van der Waals surface area contributed by atoms with Crippen LogP contribution in [0.25, 0.3) is 11.3 Å². The molecule has 1 aromatic heterocycles. The Morgan fingerprint density at radius 2 is 2.20 bits per heavy atom. The van der Waals surface area contributed by atoms with Crippen LogP contribution in [0.4, 0.5) is 11.4 Å². The van der Waals surface area contributed by atoms with Crippen LogP contribution in [0.1, 0.15) is 18.4 Å². The van der Waals surface area contributed by atoms with E-state index >= 15 is 0 Å². The first-order valence-corrected chi connectivity index (χ1v) is 8.67. The van der Waals surface area contributed by atoms with E-state index in [1.807, 2.05) is 24.3 Å². The molecule has 2 aliphatic heterocycles. The molecule has 3 heterocycles. The average Bonchev–Trinajstić information content (AvgIpc) is 2.59. The summed E-state index contributed by atoms with van der Waals surface area (Å²) in [5.41, 5.74) is 3.75. The van der Waals surface area contributed by atoms with Crippen molar-refractivity contribution in [2.45, 2.75) is 19.3 Å². The van der Waals surface area contributed by atoms with Crippen molar-refractivity contribution in [3.8, 4) is 11.3 Å². The number of aromatic nitrogens is 2. The Balaban J connectivity index is 1.59. The average molecular weight is 339 g/mol. The lowest BCUT2D eigenvalue weighted by Gasteiger charge is -2.26. The van der Waals surface area contributed by atoms with Gasteiger partial charge in [0.25, 0.3) is 5.56 Å². The summed E-state index contributed by atoms with van der Waals surface area (Å²) in [5.74, 6) is 0.457. The van der Waals surface area contributed by atoms with Gasteiger partial charge in [-0.3, -0.25) is 9.59 Å². The van der Waals surface area contributed by atoms with Crippen LogP contribution in [0.5, 0.6) is 0 Å². The summed E-state index contributed by atoms with van der Waals surface area (Å²) in [7, 11) is 0. The van der Waals surface area contributed by atoms with E-state index in [1.165, 1.54) is 0 Å². The summed E-state index contributed by atoms with van der Waals surface area (Å²) in [6.45, 7) is 2.65. The molecular formula is C18H21N5O2. The van der Waals surface area contributed by atoms with Crippen molar-refractivity contribution in [1.29, 1.82) is 0 Å². The maximum absolute atomic E-state index is 12.1. The van der Waals surface area contributed by atoms with Crippen LogP contribution in [0.15, 0.2) is 29.1 Å². The zero-order valence-corrected chi connectivity index (χ0v) is 13.9. The predicted octanol–water partition coefficient (Wildman–Crippen LogP) is 1.34. The maximum Gasteiger partial charge on any atom is 0.269 e. The fraction of sp³-hybridized carbons (Fsp3) is 0.389. The van der Waals surface area contributed by atoms with Crippen LogP contribution in [0, 0.1) is 5.92 Å². The molecule has 0 atom stereocenters. The van der Waals surface area contributed by atoms with E-state index in [0.717, 1.165) is 55.0 Å². The lowest BCUT2D eigenvalue weighted by Crippen LogP contribution is -2.43. The van der Waals surface area contributed by atoms with E-state index < -0.39 is 0 Å². The first kappa shape index (κ1) is 15.8. The number of benzene rings is 1. The minimum Gasteiger partial charge on any atom is -0.383 e. The van der Waals surface area contributed by atoms with Gasteiger partial charge < -0.3 is 16.0 Å². The lowest BCUT2D eigenvalue weighted by molar-refractivity contribution is -0.117. The van der Waals surface area contributed by atoms with Gasteiger partial charge in [0, 0.05) is 29.8 Å². The first-order chi connectivity index (χ1) is 12.2. The fourth-order valence-electron chi connectivity index (χ4n) is 3.31. The van der Waals surface area contributed by atoms with E-state index in [9.17, 15) is 9.59 Å². The summed E-state index contributed by atoms with van der Waals surface area (Å²) in [5, 5.41) is 16.2. The van der Waals surface area contributed by atoms with E-state index in [2.05, 4.69) is 26.1 Å². The summed E-state index contributed by atoms with van der Waals surface area (Å²) in [6, 6.07) is 7.58. The molecule has 25 heavy (non-hydrogen) atoms. The van der Waals surface area contributed by atoms with Crippen molar-refractivity contribution in [2.24, 2.45) is 5.92 Å². The van der Waals surface area contributed by atoms with Crippen molar-refractivity contribution in [3.05, 3.63) is 40.2 Å². The van der Waals surface area contributed by atoms with Gasteiger partial charge in [-0.1, -0.05) is 12.1 Å². The number of amides is 1. The van der Waals surface area contributed by atoms with Crippen molar-refractivity contribution in [3.63, 3.8) is 0 Å². The van der Waals surface area contributed by atoms with Crippen molar-refractivity contribution in [1.82, 2.24) is 15.5 Å². The molecule has 7 nitrogen and oxygen atoms in total. The van der Waals surface area contributed by atoms with E-state index in [-0.39, 0.29) is 11.5 Å². The third-order valence-corrected chi connectivity index (χ3v) is 4.75. The molecule has 1 saturated heterocycles. The number of carbonyl (C=O) groups is 1. The number of rotatable bonds is 4. The van der Waals surface area contributed by atoms with Gasteiger partial charge in [-0.25, -0.2) is 5.10 Å². The number of H-pyrrole nitrogens is 1. The number of aromatic amines is 1. The summed E-state index contributed by atoms with van der Waals surface area (Å²) in [4.78, 5) is 24.1. The molecule has 4 N–H and O–H groups in total. The van der Waals surface area contributed by atoms with Gasteiger partial charge in [0.1, 0.15) is 5.69 Å². The number of nitrogens with zero attached hydrogens (tertiary/aromatic N) is 1. The van der Waals surface area contributed by atoms with Gasteiger partial charge in [-0.2, -0.15) is 5.10 Å². The highest BCUT2D eigenvalue weighted by molar-refractivity contribution is 5.92. The number of fused-ring (bicyclic) bond motifs is 1. The van der Waals surface area contributed by atoms with Gasteiger partial charge in [-0.05, 0) is 44.0 Å². The second-order valence-electron chi connectivity index (χ2n) is 6.64. The van der Waals surface area contributed by atoms with Crippen LogP contribution in [0.2, 0.25) is 0 Å². The molecule has 7 heteroatoms.